The first-order chi connectivity index (χ1) is 10.1. The van der Waals surface area contributed by atoms with E-state index < -0.39 is 11.9 Å². The fraction of sp³-hybridized carbons (Fsp3) is 0.143. The summed E-state index contributed by atoms with van der Waals surface area (Å²) in [6.45, 7) is -0.0231. The van der Waals surface area contributed by atoms with Gasteiger partial charge < -0.3 is 13.9 Å². The van der Waals surface area contributed by atoms with Gasteiger partial charge in [-0.3, -0.25) is 0 Å². The summed E-state index contributed by atoms with van der Waals surface area (Å²) in [5.41, 5.74) is 0.633. The van der Waals surface area contributed by atoms with Crippen LogP contribution in [0, 0.1) is 0 Å². The van der Waals surface area contributed by atoms with Crippen molar-refractivity contribution < 1.29 is 13.9 Å². The van der Waals surface area contributed by atoms with Crippen molar-refractivity contribution in [2.24, 2.45) is 0 Å². The molecule has 108 valence electrons. The molecule has 0 bridgehead atoms. The highest BCUT2D eigenvalue weighted by Gasteiger charge is 2.16. The van der Waals surface area contributed by atoms with Gasteiger partial charge in [0.15, 0.2) is 5.76 Å². The molecule has 7 heteroatoms. The number of benzene rings is 1. The molecule has 1 atom stereocenters. The van der Waals surface area contributed by atoms with Crippen molar-refractivity contribution in [2.75, 3.05) is 0 Å². The summed E-state index contributed by atoms with van der Waals surface area (Å²) in [6.07, 6.45) is 0.561. The molecule has 1 aromatic carbocycles. The van der Waals surface area contributed by atoms with E-state index in [4.69, 9.17) is 20.4 Å². The van der Waals surface area contributed by atoms with Gasteiger partial charge in [-0.1, -0.05) is 23.7 Å². The lowest BCUT2D eigenvalue weighted by atomic mass is 10.1. The van der Waals surface area contributed by atoms with Crippen LogP contribution in [-0.2, 0) is 6.54 Å². The smallest absolute Gasteiger partial charge is 0.437 e. The van der Waals surface area contributed by atoms with Crippen molar-refractivity contribution in [3.05, 3.63) is 63.8 Å². The maximum absolute atomic E-state index is 11.7. The number of hydrogen-bond acceptors (Lipinski definition) is 5. The average Bonchev–Trinajstić information content (AvgIpc) is 3.10. The summed E-state index contributed by atoms with van der Waals surface area (Å²) in [6, 6.07) is 10.00. The predicted molar refractivity (Wildman–Crippen MR) is 74.9 cm³/mol. The highest BCUT2D eigenvalue weighted by Crippen LogP contribution is 2.19. The molecular weight excluding hydrogens is 296 g/mol. The lowest BCUT2D eigenvalue weighted by Gasteiger charge is -2.09. The van der Waals surface area contributed by atoms with Gasteiger partial charge in [0, 0.05) is 5.02 Å². The van der Waals surface area contributed by atoms with E-state index >= 15 is 0 Å². The van der Waals surface area contributed by atoms with E-state index in [1.54, 1.807) is 36.4 Å². The van der Waals surface area contributed by atoms with Crippen LogP contribution < -0.4 is 5.76 Å². The van der Waals surface area contributed by atoms with E-state index in [-0.39, 0.29) is 12.4 Å². The van der Waals surface area contributed by atoms with Gasteiger partial charge in [-0.05, 0) is 29.8 Å². The third-order valence-electron chi connectivity index (χ3n) is 2.94. The van der Waals surface area contributed by atoms with Crippen molar-refractivity contribution in [3.8, 4) is 11.7 Å². The van der Waals surface area contributed by atoms with Crippen molar-refractivity contribution >= 4 is 11.6 Å². The average molecular weight is 307 g/mol. The maximum atomic E-state index is 11.7. The Morgan fingerprint density at radius 2 is 2.05 bits per heavy atom. The van der Waals surface area contributed by atoms with Crippen molar-refractivity contribution in [1.82, 2.24) is 9.78 Å². The summed E-state index contributed by atoms with van der Waals surface area (Å²) >= 11 is 5.79. The summed E-state index contributed by atoms with van der Waals surface area (Å²) in [4.78, 5) is 11.7. The Labute approximate surface area is 124 Å². The minimum atomic E-state index is -0.894. The van der Waals surface area contributed by atoms with Crippen LogP contribution in [0.2, 0.25) is 5.02 Å². The second kappa shape index (κ2) is 5.59. The summed E-state index contributed by atoms with van der Waals surface area (Å²) in [7, 11) is 0. The minimum absolute atomic E-state index is 0.0231. The zero-order chi connectivity index (χ0) is 14.8. The molecule has 3 rings (SSSR count). The van der Waals surface area contributed by atoms with E-state index in [1.165, 1.54) is 6.26 Å². The molecule has 0 radical (unpaired) electrons. The molecule has 0 saturated carbocycles. The van der Waals surface area contributed by atoms with Crippen LogP contribution in [0.3, 0.4) is 0 Å². The molecular formula is C14H11ClN2O4. The molecule has 21 heavy (non-hydrogen) atoms. The van der Waals surface area contributed by atoms with Gasteiger partial charge in [0.2, 0.25) is 0 Å². The normalized spacial score (nSPS) is 12.5. The molecule has 6 nitrogen and oxygen atoms in total. The van der Waals surface area contributed by atoms with Crippen LogP contribution in [0.15, 0.2) is 56.3 Å². The standard InChI is InChI=1S/C14H11ClN2O4/c15-10-5-3-9(4-6-10)11(18)8-17-14(19)21-13(16-17)12-2-1-7-20-12/h1-7,11,18H,8H2/t11-/m1/s1. The Kier molecular flexibility index (Phi) is 3.64. The largest absolute Gasteiger partial charge is 0.459 e. The maximum Gasteiger partial charge on any atom is 0.437 e. The second-order valence-electron chi connectivity index (χ2n) is 4.40. The van der Waals surface area contributed by atoms with E-state index in [1.807, 2.05) is 0 Å². The van der Waals surface area contributed by atoms with Crippen LogP contribution >= 0.6 is 11.6 Å². The first kappa shape index (κ1) is 13.7. The van der Waals surface area contributed by atoms with E-state index in [9.17, 15) is 9.90 Å². The number of furan rings is 1. The van der Waals surface area contributed by atoms with Gasteiger partial charge >= 0.3 is 5.76 Å². The summed E-state index contributed by atoms with van der Waals surface area (Å²) in [5.74, 6) is -0.227. The summed E-state index contributed by atoms with van der Waals surface area (Å²) in [5, 5.41) is 14.7. The SMILES string of the molecule is O=c1oc(-c2ccco2)nn1C[C@@H](O)c1ccc(Cl)cc1. The van der Waals surface area contributed by atoms with Gasteiger partial charge in [-0.2, -0.15) is 4.68 Å². The quantitative estimate of drug-likeness (QED) is 0.801. The number of rotatable bonds is 4. The van der Waals surface area contributed by atoms with Gasteiger partial charge in [-0.15, -0.1) is 5.10 Å². The van der Waals surface area contributed by atoms with Gasteiger partial charge in [-0.25, -0.2) is 4.79 Å². The first-order valence-electron chi connectivity index (χ1n) is 6.19. The molecule has 0 aliphatic carbocycles. The Hall–Kier alpha value is -2.31. The molecule has 1 N–H and O–H groups in total. The van der Waals surface area contributed by atoms with E-state index in [0.717, 1.165) is 4.68 Å². The topological polar surface area (TPSA) is 81.4 Å². The lowest BCUT2D eigenvalue weighted by Crippen LogP contribution is -2.20. The van der Waals surface area contributed by atoms with Crippen molar-refractivity contribution in [1.29, 1.82) is 0 Å². The number of halogens is 1. The summed E-state index contributed by atoms with van der Waals surface area (Å²) < 4.78 is 11.1. The van der Waals surface area contributed by atoms with Crippen LogP contribution in [0.5, 0.6) is 0 Å². The number of aliphatic hydroxyl groups is 1. The fourth-order valence-electron chi connectivity index (χ4n) is 1.88. The van der Waals surface area contributed by atoms with Crippen molar-refractivity contribution in [2.45, 2.75) is 12.6 Å². The minimum Gasteiger partial charge on any atom is -0.459 e. The lowest BCUT2D eigenvalue weighted by molar-refractivity contribution is 0.148. The Bertz CT molecular complexity index is 774. The molecule has 0 unspecified atom stereocenters. The zero-order valence-corrected chi connectivity index (χ0v) is 11.5. The number of nitrogens with zero attached hydrogens (tertiary/aromatic N) is 2. The molecule has 2 aromatic heterocycles. The molecule has 0 saturated heterocycles. The van der Waals surface area contributed by atoms with Gasteiger partial charge in [0.25, 0.3) is 5.89 Å². The number of aromatic nitrogens is 2. The fourth-order valence-corrected chi connectivity index (χ4v) is 2.00. The third kappa shape index (κ3) is 2.91. The van der Waals surface area contributed by atoms with Crippen LogP contribution in [0.4, 0.5) is 0 Å². The molecule has 0 aliphatic heterocycles. The van der Waals surface area contributed by atoms with Crippen LogP contribution in [0.1, 0.15) is 11.7 Å². The number of aliphatic hydroxyl groups excluding tert-OH is 1. The molecule has 0 spiro atoms. The molecule has 0 fully saturated rings. The van der Waals surface area contributed by atoms with Crippen molar-refractivity contribution in [3.63, 3.8) is 0 Å². The van der Waals surface area contributed by atoms with E-state index in [0.29, 0.717) is 16.3 Å². The molecule has 2 heterocycles. The van der Waals surface area contributed by atoms with Gasteiger partial charge in [0.1, 0.15) is 0 Å². The Balaban J connectivity index is 1.82. The highest BCUT2D eigenvalue weighted by atomic mass is 35.5. The first-order valence-corrected chi connectivity index (χ1v) is 6.56. The monoisotopic (exact) mass is 306 g/mol. The predicted octanol–water partition coefficient (Wildman–Crippen LogP) is 2.48. The number of hydrogen-bond donors (Lipinski definition) is 1. The van der Waals surface area contributed by atoms with Gasteiger partial charge in [0.05, 0.1) is 18.9 Å². The third-order valence-corrected chi connectivity index (χ3v) is 3.19. The molecule has 3 aromatic rings. The van der Waals surface area contributed by atoms with Crippen LogP contribution in [-0.4, -0.2) is 14.9 Å². The Morgan fingerprint density at radius 1 is 1.29 bits per heavy atom. The van der Waals surface area contributed by atoms with E-state index in [2.05, 4.69) is 5.10 Å². The highest BCUT2D eigenvalue weighted by molar-refractivity contribution is 6.30. The molecule has 0 aliphatic rings. The zero-order valence-electron chi connectivity index (χ0n) is 10.8. The Morgan fingerprint density at radius 3 is 2.71 bits per heavy atom. The second-order valence-corrected chi connectivity index (χ2v) is 4.84. The molecule has 0 amide bonds. The van der Waals surface area contributed by atoms with Crippen LogP contribution in [0.25, 0.3) is 11.7 Å².